The Morgan fingerprint density at radius 1 is 1.11 bits per heavy atom. The normalized spacial score (nSPS) is 11.0. The second-order valence-electron chi connectivity index (χ2n) is 7.26. The van der Waals surface area contributed by atoms with Crippen molar-refractivity contribution in [3.05, 3.63) is 54.2 Å². The van der Waals surface area contributed by atoms with Gasteiger partial charge in [-0.05, 0) is 51.5 Å². The van der Waals surface area contributed by atoms with E-state index in [0.29, 0.717) is 24.9 Å². The monoisotopic (exact) mass is 369 g/mol. The van der Waals surface area contributed by atoms with Crippen LogP contribution in [0.25, 0.3) is 0 Å². The third-order valence-electron chi connectivity index (χ3n) is 3.81. The molecule has 1 amide bonds. The summed E-state index contributed by atoms with van der Waals surface area (Å²) in [5.74, 6) is 0.770. The van der Waals surface area contributed by atoms with Crippen molar-refractivity contribution in [1.82, 2.24) is 10.3 Å². The fourth-order valence-electron chi connectivity index (χ4n) is 2.43. The van der Waals surface area contributed by atoms with Crippen LogP contribution < -0.4 is 10.2 Å². The number of nitrogens with one attached hydrogen (secondary N) is 1. The van der Waals surface area contributed by atoms with E-state index in [1.54, 1.807) is 12.3 Å². The highest BCUT2D eigenvalue weighted by molar-refractivity contribution is 5.96. The molecule has 2 aromatic rings. The number of carbonyl (C=O) groups is 2. The van der Waals surface area contributed by atoms with Gasteiger partial charge in [-0.3, -0.25) is 4.79 Å². The molecular weight excluding hydrogens is 342 g/mol. The van der Waals surface area contributed by atoms with Gasteiger partial charge in [-0.2, -0.15) is 0 Å². The molecule has 0 saturated heterocycles. The van der Waals surface area contributed by atoms with Crippen LogP contribution in [-0.4, -0.2) is 36.1 Å². The van der Waals surface area contributed by atoms with Crippen LogP contribution >= 0.6 is 0 Å². The number of anilines is 2. The first-order valence-corrected chi connectivity index (χ1v) is 9.01. The zero-order chi connectivity index (χ0) is 19.9. The predicted molar refractivity (Wildman–Crippen MR) is 107 cm³/mol. The number of benzene rings is 1. The van der Waals surface area contributed by atoms with Crippen molar-refractivity contribution in [3.8, 4) is 0 Å². The van der Waals surface area contributed by atoms with Gasteiger partial charge in [0.2, 0.25) is 0 Å². The summed E-state index contributed by atoms with van der Waals surface area (Å²) in [7, 11) is 1.93. The van der Waals surface area contributed by atoms with Crippen LogP contribution in [0.2, 0.25) is 0 Å². The molecule has 0 unspecified atom stereocenters. The second kappa shape index (κ2) is 9.16. The standard InChI is InChI=1S/C21H27N3O3/c1-21(2,3)27-20(26)22-14-8-11-18(25)16-12-13-19(23-15-16)24(4)17-9-6-5-7-10-17/h5-7,9-10,12-13,15H,8,11,14H2,1-4H3,(H,22,26). The summed E-state index contributed by atoms with van der Waals surface area (Å²) in [6.07, 6.45) is 2.01. The number of rotatable bonds is 7. The highest BCUT2D eigenvalue weighted by Crippen LogP contribution is 2.21. The summed E-state index contributed by atoms with van der Waals surface area (Å²) in [5.41, 5.74) is 1.06. The number of Topliss-reactive ketones (excluding diaryl/α,β-unsaturated/α-hetero) is 1. The SMILES string of the molecule is CN(c1ccccc1)c1ccc(C(=O)CCCNC(=O)OC(C)(C)C)cn1. The predicted octanol–water partition coefficient (Wildman–Crippen LogP) is 4.34. The van der Waals surface area contributed by atoms with Crippen LogP contribution in [-0.2, 0) is 4.74 Å². The van der Waals surface area contributed by atoms with Crippen molar-refractivity contribution >= 4 is 23.4 Å². The van der Waals surface area contributed by atoms with Crippen LogP contribution in [0.4, 0.5) is 16.3 Å². The molecular formula is C21H27N3O3. The lowest BCUT2D eigenvalue weighted by molar-refractivity contribution is 0.0525. The summed E-state index contributed by atoms with van der Waals surface area (Å²) in [5, 5.41) is 2.65. The number of nitrogens with zero attached hydrogens (tertiary/aromatic N) is 2. The van der Waals surface area contributed by atoms with Crippen LogP contribution in [0.3, 0.4) is 0 Å². The van der Waals surface area contributed by atoms with Gasteiger partial charge in [0, 0.05) is 37.5 Å². The first-order valence-electron chi connectivity index (χ1n) is 9.01. The van der Waals surface area contributed by atoms with E-state index in [2.05, 4.69) is 10.3 Å². The van der Waals surface area contributed by atoms with Crippen molar-refractivity contribution < 1.29 is 14.3 Å². The summed E-state index contributed by atoms with van der Waals surface area (Å²) < 4.78 is 5.15. The van der Waals surface area contributed by atoms with Gasteiger partial charge in [0.15, 0.2) is 5.78 Å². The van der Waals surface area contributed by atoms with E-state index >= 15 is 0 Å². The van der Waals surface area contributed by atoms with Gasteiger partial charge in [-0.1, -0.05) is 18.2 Å². The van der Waals surface area contributed by atoms with E-state index in [0.717, 1.165) is 11.5 Å². The molecule has 0 spiro atoms. The third kappa shape index (κ3) is 6.73. The first-order chi connectivity index (χ1) is 12.8. The van der Waals surface area contributed by atoms with Gasteiger partial charge < -0.3 is 15.0 Å². The van der Waals surface area contributed by atoms with E-state index < -0.39 is 11.7 Å². The number of para-hydroxylation sites is 1. The Labute approximate surface area is 160 Å². The number of alkyl carbamates (subject to hydrolysis) is 1. The minimum absolute atomic E-state index is 0.00222. The quantitative estimate of drug-likeness (QED) is 0.581. The third-order valence-corrected chi connectivity index (χ3v) is 3.81. The molecule has 0 aliphatic rings. The lowest BCUT2D eigenvalue weighted by atomic mass is 10.1. The summed E-state index contributed by atoms with van der Waals surface area (Å²) >= 11 is 0. The van der Waals surface area contributed by atoms with E-state index in [-0.39, 0.29) is 5.78 Å². The average molecular weight is 369 g/mol. The Morgan fingerprint density at radius 3 is 2.41 bits per heavy atom. The van der Waals surface area contributed by atoms with Gasteiger partial charge in [0.25, 0.3) is 0 Å². The molecule has 0 saturated carbocycles. The number of ether oxygens (including phenoxy) is 1. The molecule has 27 heavy (non-hydrogen) atoms. The van der Waals surface area contributed by atoms with Crippen molar-refractivity contribution in [2.45, 2.75) is 39.2 Å². The average Bonchev–Trinajstić information content (AvgIpc) is 2.64. The molecule has 1 N–H and O–H groups in total. The molecule has 1 heterocycles. The number of hydrogen-bond donors (Lipinski definition) is 1. The maximum atomic E-state index is 12.3. The molecule has 0 radical (unpaired) electrons. The Kier molecular flexibility index (Phi) is 6.93. The summed E-state index contributed by atoms with van der Waals surface area (Å²) in [6.45, 7) is 5.81. The van der Waals surface area contributed by atoms with Crippen LogP contribution in [0.15, 0.2) is 48.7 Å². The number of pyridine rings is 1. The molecule has 0 aliphatic carbocycles. The Morgan fingerprint density at radius 2 is 1.81 bits per heavy atom. The minimum Gasteiger partial charge on any atom is -0.444 e. The molecule has 0 atom stereocenters. The zero-order valence-electron chi connectivity index (χ0n) is 16.4. The van der Waals surface area contributed by atoms with Gasteiger partial charge in [0.05, 0.1) is 0 Å². The largest absolute Gasteiger partial charge is 0.444 e. The Balaban J connectivity index is 1.81. The minimum atomic E-state index is -0.528. The van der Waals surface area contributed by atoms with E-state index in [4.69, 9.17) is 4.74 Å². The van der Waals surface area contributed by atoms with Crippen molar-refractivity contribution in [2.75, 3.05) is 18.5 Å². The molecule has 0 fully saturated rings. The number of hydrogen-bond acceptors (Lipinski definition) is 5. The fourth-order valence-corrected chi connectivity index (χ4v) is 2.43. The fraction of sp³-hybridized carbons (Fsp3) is 0.381. The molecule has 1 aromatic carbocycles. The first kappa shape index (κ1) is 20.4. The topological polar surface area (TPSA) is 71.5 Å². The lowest BCUT2D eigenvalue weighted by Crippen LogP contribution is -2.33. The highest BCUT2D eigenvalue weighted by atomic mass is 16.6. The molecule has 144 valence electrons. The number of carbonyl (C=O) groups excluding carboxylic acids is 2. The maximum absolute atomic E-state index is 12.3. The van der Waals surface area contributed by atoms with Crippen LogP contribution in [0.5, 0.6) is 0 Å². The molecule has 0 aliphatic heterocycles. The van der Waals surface area contributed by atoms with E-state index in [1.807, 2.05) is 69.1 Å². The van der Waals surface area contributed by atoms with Gasteiger partial charge >= 0.3 is 6.09 Å². The van der Waals surface area contributed by atoms with Crippen LogP contribution in [0.1, 0.15) is 44.0 Å². The van der Waals surface area contributed by atoms with Crippen molar-refractivity contribution in [2.24, 2.45) is 0 Å². The second-order valence-corrected chi connectivity index (χ2v) is 7.26. The smallest absolute Gasteiger partial charge is 0.407 e. The van der Waals surface area contributed by atoms with E-state index in [9.17, 15) is 9.59 Å². The maximum Gasteiger partial charge on any atom is 0.407 e. The number of amides is 1. The Hall–Kier alpha value is -2.89. The van der Waals surface area contributed by atoms with Crippen molar-refractivity contribution in [1.29, 1.82) is 0 Å². The highest BCUT2D eigenvalue weighted by Gasteiger charge is 2.15. The molecule has 2 rings (SSSR count). The zero-order valence-corrected chi connectivity index (χ0v) is 16.4. The summed E-state index contributed by atoms with van der Waals surface area (Å²) in [6, 6.07) is 13.5. The molecule has 0 bridgehead atoms. The van der Waals surface area contributed by atoms with Crippen molar-refractivity contribution in [3.63, 3.8) is 0 Å². The summed E-state index contributed by atoms with van der Waals surface area (Å²) in [4.78, 5) is 30.2. The lowest BCUT2D eigenvalue weighted by Gasteiger charge is -2.19. The van der Waals surface area contributed by atoms with Gasteiger partial charge in [-0.15, -0.1) is 0 Å². The number of ketones is 1. The molecule has 6 nitrogen and oxygen atoms in total. The molecule has 6 heteroatoms. The number of aromatic nitrogens is 1. The van der Waals surface area contributed by atoms with Crippen LogP contribution in [0, 0.1) is 0 Å². The van der Waals surface area contributed by atoms with Gasteiger partial charge in [-0.25, -0.2) is 9.78 Å². The molecule has 1 aromatic heterocycles. The van der Waals surface area contributed by atoms with E-state index in [1.165, 1.54) is 0 Å². The Bertz CT molecular complexity index is 752. The van der Waals surface area contributed by atoms with Gasteiger partial charge in [0.1, 0.15) is 11.4 Å².